The Morgan fingerprint density at radius 3 is 2.29 bits per heavy atom. The molecule has 0 spiro atoms. The minimum Gasteiger partial charge on any atom is -0.495 e. The zero-order valence-electron chi connectivity index (χ0n) is 16.2. The molecule has 0 aliphatic heterocycles. The number of benzene rings is 1. The fourth-order valence-electron chi connectivity index (χ4n) is 2.61. The first kappa shape index (κ1) is 21.3. The first-order chi connectivity index (χ1) is 13.0. The molecule has 0 saturated carbocycles. The summed E-state index contributed by atoms with van der Waals surface area (Å²) in [5.74, 6) is -2.23. The number of sulfonamides is 1. The molecule has 10 heteroatoms. The van der Waals surface area contributed by atoms with Gasteiger partial charge in [-0.2, -0.15) is 0 Å². The first-order valence-corrected chi connectivity index (χ1v) is 9.80. The number of nitrogens with one attached hydrogen (secondary N) is 1. The Morgan fingerprint density at radius 1 is 1.14 bits per heavy atom. The molecule has 1 aromatic heterocycles. The molecule has 0 fully saturated rings. The zero-order chi connectivity index (χ0) is 21.2. The van der Waals surface area contributed by atoms with Crippen LogP contribution in [0.3, 0.4) is 0 Å². The van der Waals surface area contributed by atoms with Gasteiger partial charge in [0.2, 0.25) is 5.88 Å². The second-order valence-corrected chi connectivity index (χ2v) is 7.67. The van der Waals surface area contributed by atoms with Crippen molar-refractivity contribution in [2.24, 2.45) is 5.73 Å². The average Bonchev–Trinajstić information content (AvgIpc) is 2.92. The van der Waals surface area contributed by atoms with Crippen molar-refractivity contribution in [2.75, 3.05) is 18.4 Å². The number of esters is 1. The maximum absolute atomic E-state index is 12.9. The van der Waals surface area contributed by atoms with Gasteiger partial charge < -0.3 is 19.6 Å². The predicted octanol–water partition coefficient (Wildman–Crippen LogP) is 2.29. The number of hydrogen-bond donors (Lipinski definition) is 2. The molecule has 152 valence electrons. The van der Waals surface area contributed by atoms with E-state index in [1.807, 2.05) is 6.92 Å². The summed E-state index contributed by atoms with van der Waals surface area (Å²) in [5.41, 5.74) is 6.29. The van der Waals surface area contributed by atoms with E-state index in [0.29, 0.717) is 0 Å². The van der Waals surface area contributed by atoms with E-state index in [1.54, 1.807) is 19.9 Å². The van der Waals surface area contributed by atoms with Crippen molar-refractivity contribution in [3.63, 3.8) is 0 Å². The lowest BCUT2D eigenvalue weighted by Gasteiger charge is -2.13. The number of ether oxygens (including phenoxy) is 2. The third-order valence-electron chi connectivity index (χ3n) is 4.11. The summed E-state index contributed by atoms with van der Waals surface area (Å²) in [6, 6.07) is 3.01. The molecule has 0 radical (unpaired) electrons. The lowest BCUT2D eigenvalue weighted by molar-refractivity contribution is 0.0521. The van der Waals surface area contributed by atoms with E-state index < -0.39 is 33.3 Å². The molecule has 0 unspecified atom stereocenters. The quantitative estimate of drug-likeness (QED) is 0.668. The van der Waals surface area contributed by atoms with Crippen LogP contribution < -0.4 is 15.2 Å². The van der Waals surface area contributed by atoms with Crippen LogP contribution in [-0.4, -0.2) is 34.0 Å². The fourth-order valence-corrected chi connectivity index (χ4v) is 3.85. The molecule has 0 bridgehead atoms. The molecule has 0 aliphatic rings. The molecular weight excluding hydrogens is 388 g/mol. The molecule has 0 aliphatic carbocycles. The Balaban J connectivity index is 2.59. The zero-order valence-corrected chi connectivity index (χ0v) is 17.0. The van der Waals surface area contributed by atoms with Crippen LogP contribution in [0.2, 0.25) is 0 Å². The van der Waals surface area contributed by atoms with Crippen LogP contribution in [0.25, 0.3) is 0 Å². The highest BCUT2D eigenvalue weighted by atomic mass is 32.2. The molecule has 0 saturated heterocycles. The normalized spacial score (nSPS) is 11.2. The van der Waals surface area contributed by atoms with Gasteiger partial charge in [-0.3, -0.25) is 4.79 Å². The third kappa shape index (κ3) is 3.96. The van der Waals surface area contributed by atoms with Gasteiger partial charge in [-0.15, -0.1) is 0 Å². The number of furan rings is 1. The van der Waals surface area contributed by atoms with E-state index >= 15 is 0 Å². The second kappa shape index (κ2) is 7.93. The van der Waals surface area contributed by atoms with Gasteiger partial charge in [-0.05, 0) is 51.0 Å². The van der Waals surface area contributed by atoms with Crippen LogP contribution in [0.4, 0.5) is 5.88 Å². The Labute approximate surface area is 162 Å². The maximum Gasteiger partial charge on any atom is 0.342 e. The van der Waals surface area contributed by atoms with Crippen molar-refractivity contribution in [2.45, 2.75) is 32.6 Å². The molecule has 1 heterocycles. The van der Waals surface area contributed by atoms with Gasteiger partial charge in [0.05, 0.1) is 13.7 Å². The largest absolute Gasteiger partial charge is 0.495 e. The van der Waals surface area contributed by atoms with Gasteiger partial charge in [0.25, 0.3) is 15.9 Å². The number of nitrogens with two attached hydrogens (primary N) is 1. The van der Waals surface area contributed by atoms with Crippen LogP contribution in [0.15, 0.2) is 21.4 Å². The van der Waals surface area contributed by atoms with Gasteiger partial charge in [0.15, 0.2) is 0 Å². The van der Waals surface area contributed by atoms with E-state index in [2.05, 4.69) is 4.72 Å². The predicted molar refractivity (Wildman–Crippen MR) is 101 cm³/mol. The molecule has 3 N–H and O–H groups in total. The molecule has 28 heavy (non-hydrogen) atoms. The molecule has 1 amide bonds. The molecule has 2 rings (SSSR count). The number of rotatable bonds is 7. The van der Waals surface area contributed by atoms with Crippen molar-refractivity contribution in [3.8, 4) is 5.75 Å². The number of amides is 1. The molecule has 1 aromatic carbocycles. The van der Waals surface area contributed by atoms with Crippen LogP contribution >= 0.6 is 0 Å². The third-order valence-corrected chi connectivity index (χ3v) is 5.46. The Hall–Kier alpha value is -3.01. The minimum atomic E-state index is -4.22. The smallest absolute Gasteiger partial charge is 0.342 e. The monoisotopic (exact) mass is 410 g/mol. The Kier molecular flexibility index (Phi) is 6.03. The average molecular weight is 410 g/mol. The summed E-state index contributed by atoms with van der Waals surface area (Å²) in [4.78, 5) is 23.9. The van der Waals surface area contributed by atoms with E-state index in [-0.39, 0.29) is 28.6 Å². The van der Waals surface area contributed by atoms with Gasteiger partial charge in [0.1, 0.15) is 27.5 Å². The van der Waals surface area contributed by atoms with Gasteiger partial charge >= 0.3 is 5.97 Å². The number of aryl methyl sites for hydroxylation is 3. The summed E-state index contributed by atoms with van der Waals surface area (Å²) in [6.07, 6.45) is 0. The van der Waals surface area contributed by atoms with Gasteiger partial charge in [-0.1, -0.05) is 0 Å². The second-order valence-electron chi connectivity index (χ2n) is 6.01. The fraction of sp³-hybridized carbons (Fsp3) is 0.333. The Morgan fingerprint density at radius 2 is 1.75 bits per heavy atom. The molecule has 2 aromatic rings. The van der Waals surface area contributed by atoms with E-state index in [1.165, 1.54) is 20.1 Å². The lowest BCUT2D eigenvalue weighted by atomic mass is 10.1. The van der Waals surface area contributed by atoms with Crippen molar-refractivity contribution in [1.82, 2.24) is 0 Å². The number of primary amides is 1. The topological polar surface area (TPSA) is 138 Å². The maximum atomic E-state index is 12.9. The SMILES string of the molecule is CCOC(=O)c1c(C)oc(NS(=O)(=O)c2cc(C)c(C)cc2OC)c1C(N)=O. The summed E-state index contributed by atoms with van der Waals surface area (Å²) in [7, 11) is -2.88. The standard InChI is InChI=1S/C18H22N2O7S/c1-6-26-18(22)14-11(4)27-17(15(14)16(19)21)20-28(23,24)13-8-10(3)9(2)7-12(13)25-5/h7-8,20H,6H2,1-5H3,(H2,19,21). The molecule has 0 atom stereocenters. The highest BCUT2D eigenvalue weighted by molar-refractivity contribution is 7.92. The van der Waals surface area contributed by atoms with Gasteiger partial charge in [-0.25, -0.2) is 17.9 Å². The number of carbonyl (C=O) groups is 2. The van der Waals surface area contributed by atoms with Crippen molar-refractivity contribution in [3.05, 3.63) is 40.1 Å². The lowest BCUT2D eigenvalue weighted by Crippen LogP contribution is -2.21. The number of carbonyl (C=O) groups excluding carboxylic acids is 2. The summed E-state index contributed by atoms with van der Waals surface area (Å²) in [5, 5.41) is 0. The minimum absolute atomic E-state index is 0.00278. The number of anilines is 1. The van der Waals surface area contributed by atoms with Crippen LogP contribution in [0, 0.1) is 20.8 Å². The van der Waals surface area contributed by atoms with Crippen LogP contribution in [0.5, 0.6) is 5.75 Å². The van der Waals surface area contributed by atoms with E-state index in [9.17, 15) is 18.0 Å². The highest BCUT2D eigenvalue weighted by Gasteiger charge is 2.31. The van der Waals surface area contributed by atoms with Crippen molar-refractivity contribution in [1.29, 1.82) is 0 Å². The number of hydrogen-bond acceptors (Lipinski definition) is 7. The summed E-state index contributed by atoms with van der Waals surface area (Å²) < 4.78 is 43.4. The van der Waals surface area contributed by atoms with E-state index in [0.717, 1.165) is 11.1 Å². The van der Waals surface area contributed by atoms with Crippen molar-refractivity contribution < 1.29 is 31.9 Å². The number of methoxy groups -OCH3 is 1. The van der Waals surface area contributed by atoms with E-state index in [4.69, 9.17) is 19.6 Å². The molecular formula is C18H22N2O7S. The summed E-state index contributed by atoms with van der Waals surface area (Å²) in [6.45, 7) is 6.61. The van der Waals surface area contributed by atoms with Gasteiger partial charge in [0, 0.05) is 0 Å². The highest BCUT2D eigenvalue weighted by Crippen LogP contribution is 2.33. The molecule has 9 nitrogen and oxygen atoms in total. The Bertz CT molecular complexity index is 1040. The van der Waals surface area contributed by atoms with Crippen molar-refractivity contribution >= 4 is 27.8 Å². The summed E-state index contributed by atoms with van der Waals surface area (Å²) >= 11 is 0. The van der Waals surface area contributed by atoms with Crippen LogP contribution in [0.1, 0.15) is 44.5 Å². The van der Waals surface area contributed by atoms with Crippen LogP contribution in [-0.2, 0) is 14.8 Å². The first-order valence-electron chi connectivity index (χ1n) is 8.31.